The van der Waals surface area contributed by atoms with Crippen LogP contribution in [0.2, 0.25) is 0 Å². The molecule has 0 heterocycles. The Morgan fingerprint density at radius 1 is 0.938 bits per heavy atom. The summed E-state index contributed by atoms with van der Waals surface area (Å²) in [5.41, 5.74) is 3.72. The van der Waals surface area contributed by atoms with Crippen LogP contribution in [0.1, 0.15) is 37.8 Å². The first kappa shape index (κ1) is 23.1. The van der Waals surface area contributed by atoms with Crippen molar-refractivity contribution in [2.24, 2.45) is 0 Å². The zero-order valence-corrected chi connectivity index (χ0v) is 18.6. The van der Waals surface area contributed by atoms with E-state index in [1.54, 1.807) is 20.8 Å². The summed E-state index contributed by atoms with van der Waals surface area (Å²) in [7, 11) is 1.19. The molecule has 1 atom stereocenters. The number of hydrogen-bond donors (Lipinski definition) is 2. The molecule has 1 aliphatic carbocycles. The van der Waals surface area contributed by atoms with E-state index in [0.29, 0.717) is 0 Å². The Kier molecular flexibility index (Phi) is 7.02. The molecule has 2 amide bonds. The van der Waals surface area contributed by atoms with Crippen molar-refractivity contribution in [2.45, 2.75) is 38.3 Å². The van der Waals surface area contributed by atoms with E-state index < -0.39 is 29.8 Å². The molecule has 0 saturated carbocycles. The predicted octanol–water partition coefficient (Wildman–Crippen LogP) is 3.59. The molecule has 3 rings (SSSR count). The Morgan fingerprint density at radius 2 is 1.50 bits per heavy atom. The fraction of sp³-hybridized carbons (Fsp3) is 0.375. The molecule has 1 aliphatic rings. The van der Waals surface area contributed by atoms with Gasteiger partial charge in [0.05, 0.1) is 13.7 Å². The highest BCUT2D eigenvalue weighted by atomic mass is 16.6. The van der Waals surface area contributed by atoms with E-state index in [1.807, 2.05) is 36.4 Å². The number of alkyl carbamates (subject to hydrolysis) is 2. The Hall–Kier alpha value is -3.55. The van der Waals surface area contributed by atoms with Crippen molar-refractivity contribution in [2.75, 3.05) is 20.3 Å². The first-order valence-corrected chi connectivity index (χ1v) is 10.4. The number of ether oxygens (including phenoxy) is 3. The fourth-order valence-electron chi connectivity index (χ4n) is 3.62. The van der Waals surface area contributed by atoms with Crippen molar-refractivity contribution in [3.05, 3.63) is 59.7 Å². The Labute approximate surface area is 187 Å². The number of carbonyl (C=O) groups excluding carboxylic acids is 3. The topological polar surface area (TPSA) is 103 Å². The largest absolute Gasteiger partial charge is 0.467 e. The predicted molar refractivity (Wildman–Crippen MR) is 118 cm³/mol. The quantitative estimate of drug-likeness (QED) is 0.526. The second kappa shape index (κ2) is 9.72. The average molecular weight is 440 g/mol. The monoisotopic (exact) mass is 440 g/mol. The van der Waals surface area contributed by atoms with Crippen molar-refractivity contribution in [3.63, 3.8) is 0 Å². The lowest BCUT2D eigenvalue weighted by molar-refractivity contribution is -0.142. The van der Waals surface area contributed by atoms with Crippen LogP contribution in [-0.2, 0) is 19.0 Å². The van der Waals surface area contributed by atoms with Crippen LogP contribution >= 0.6 is 0 Å². The standard InChI is InChI=1S/C24H28N2O6/c1-24(2,3)32-23(29)26-20(21(27)30-4)13-25-22(28)31-14-19-17-11-7-5-9-15(17)16-10-6-8-12-18(16)19/h5-12,19-20H,13-14H2,1-4H3,(H,25,28)(H,26,29). The SMILES string of the molecule is COC(=O)C(CNC(=O)OCC1c2ccccc2-c2ccccc21)NC(=O)OC(C)(C)C. The zero-order valence-electron chi connectivity index (χ0n) is 18.6. The van der Waals surface area contributed by atoms with Crippen LogP contribution in [-0.4, -0.2) is 50.1 Å². The molecule has 0 fully saturated rings. The molecule has 0 aliphatic heterocycles. The molecular formula is C24H28N2O6. The second-order valence-electron chi connectivity index (χ2n) is 8.43. The number of rotatable bonds is 6. The molecule has 0 radical (unpaired) electrons. The van der Waals surface area contributed by atoms with Gasteiger partial charge in [-0.3, -0.25) is 0 Å². The normalized spacial score (nSPS) is 13.4. The van der Waals surface area contributed by atoms with Crippen molar-refractivity contribution in [1.82, 2.24) is 10.6 Å². The van der Waals surface area contributed by atoms with Gasteiger partial charge in [-0.1, -0.05) is 48.5 Å². The number of hydrogen-bond acceptors (Lipinski definition) is 6. The Bertz CT molecular complexity index is 952. The van der Waals surface area contributed by atoms with E-state index in [4.69, 9.17) is 14.2 Å². The molecular weight excluding hydrogens is 412 g/mol. The Morgan fingerprint density at radius 3 is 2.03 bits per heavy atom. The van der Waals surface area contributed by atoms with Crippen molar-refractivity contribution < 1.29 is 28.6 Å². The zero-order chi connectivity index (χ0) is 23.3. The number of nitrogens with one attached hydrogen (secondary N) is 2. The van der Waals surface area contributed by atoms with E-state index in [1.165, 1.54) is 7.11 Å². The van der Waals surface area contributed by atoms with Gasteiger partial charge < -0.3 is 24.8 Å². The van der Waals surface area contributed by atoms with Gasteiger partial charge in [-0.2, -0.15) is 0 Å². The maximum Gasteiger partial charge on any atom is 0.408 e. The smallest absolute Gasteiger partial charge is 0.408 e. The summed E-state index contributed by atoms with van der Waals surface area (Å²) in [5.74, 6) is -0.792. The number of carbonyl (C=O) groups is 3. The number of benzene rings is 2. The van der Waals surface area contributed by atoms with E-state index in [9.17, 15) is 14.4 Å². The third kappa shape index (κ3) is 5.57. The van der Waals surface area contributed by atoms with Crippen LogP contribution in [0.15, 0.2) is 48.5 Å². The highest BCUT2D eigenvalue weighted by Gasteiger charge is 2.30. The van der Waals surface area contributed by atoms with Crippen LogP contribution in [0.5, 0.6) is 0 Å². The van der Waals surface area contributed by atoms with Crippen LogP contribution < -0.4 is 10.6 Å². The van der Waals surface area contributed by atoms with E-state index >= 15 is 0 Å². The second-order valence-corrected chi connectivity index (χ2v) is 8.43. The first-order valence-electron chi connectivity index (χ1n) is 10.4. The molecule has 2 N–H and O–H groups in total. The van der Waals surface area contributed by atoms with Crippen molar-refractivity contribution >= 4 is 18.2 Å². The van der Waals surface area contributed by atoms with Gasteiger partial charge in [-0.15, -0.1) is 0 Å². The van der Waals surface area contributed by atoms with Gasteiger partial charge in [0.1, 0.15) is 18.2 Å². The van der Waals surface area contributed by atoms with Gasteiger partial charge in [0.2, 0.25) is 0 Å². The van der Waals surface area contributed by atoms with Crippen molar-refractivity contribution in [1.29, 1.82) is 0 Å². The summed E-state index contributed by atoms with van der Waals surface area (Å²) in [6.07, 6.45) is -1.49. The molecule has 1 unspecified atom stereocenters. The van der Waals surface area contributed by atoms with E-state index in [-0.39, 0.29) is 19.1 Å². The van der Waals surface area contributed by atoms with Gasteiger partial charge in [0.25, 0.3) is 0 Å². The number of esters is 1. The minimum absolute atomic E-state index is 0.0792. The Balaban J connectivity index is 1.58. The lowest BCUT2D eigenvalue weighted by atomic mass is 9.98. The van der Waals surface area contributed by atoms with Gasteiger partial charge in [0.15, 0.2) is 0 Å². The van der Waals surface area contributed by atoms with Crippen LogP contribution in [0.3, 0.4) is 0 Å². The maximum atomic E-state index is 12.3. The number of amides is 2. The molecule has 8 heteroatoms. The number of methoxy groups -OCH3 is 1. The molecule has 0 aromatic heterocycles. The molecule has 170 valence electrons. The average Bonchev–Trinajstić information content (AvgIpc) is 3.07. The summed E-state index contributed by atoms with van der Waals surface area (Å²) < 4.78 is 15.3. The summed E-state index contributed by atoms with van der Waals surface area (Å²) in [6.45, 7) is 5.04. The third-order valence-corrected chi connectivity index (χ3v) is 4.97. The lowest BCUT2D eigenvalue weighted by Crippen LogP contribution is -2.50. The molecule has 0 spiro atoms. The molecule has 32 heavy (non-hydrogen) atoms. The summed E-state index contributed by atoms with van der Waals surface area (Å²) in [6, 6.07) is 14.9. The van der Waals surface area contributed by atoms with E-state index in [2.05, 4.69) is 22.8 Å². The first-order chi connectivity index (χ1) is 15.2. The van der Waals surface area contributed by atoms with Crippen LogP contribution in [0.4, 0.5) is 9.59 Å². The minimum atomic E-state index is -1.12. The van der Waals surface area contributed by atoms with E-state index in [0.717, 1.165) is 22.3 Å². The lowest BCUT2D eigenvalue weighted by Gasteiger charge is -2.22. The number of fused-ring (bicyclic) bond motifs is 3. The molecule has 0 saturated heterocycles. The van der Waals surface area contributed by atoms with Gasteiger partial charge in [-0.25, -0.2) is 14.4 Å². The third-order valence-electron chi connectivity index (χ3n) is 4.97. The minimum Gasteiger partial charge on any atom is -0.467 e. The van der Waals surface area contributed by atoms with Gasteiger partial charge in [0, 0.05) is 5.92 Å². The summed E-state index contributed by atoms with van der Waals surface area (Å²) in [5, 5.41) is 4.90. The van der Waals surface area contributed by atoms with Gasteiger partial charge in [-0.05, 0) is 43.0 Å². The van der Waals surface area contributed by atoms with Gasteiger partial charge >= 0.3 is 18.2 Å². The molecule has 0 bridgehead atoms. The summed E-state index contributed by atoms with van der Waals surface area (Å²) >= 11 is 0. The summed E-state index contributed by atoms with van der Waals surface area (Å²) in [4.78, 5) is 36.3. The van der Waals surface area contributed by atoms with Crippen LogP contribution in [0.25, 0.3) is 11.1 Å². The highest BCUT2D eigenvalue weighted by Crippen LogP contribution is 2.44. The van der Waals surface area contributed by atoms with Crippen LogP contribution in [0, 0.1) is 0 Å². The molecule has 8 nitrogen and oxygen atoms in total. The highest BCUT2D eigenvalue weighted by molar-refractivity contribution is 5.82. The fourth-order valence-corrected chi connectivity index (χ4v) is 3.62. The van der Waals surface area contributed by atoms with Crippen molar-refractivity contribution in [3.8, 4) is 11.1 Å². The molecule has 2 aromatic rings. The molecule has 2 aromatic carbocycles. The maximum absolute atomic E-state index is 12.3.